The number of hydrogen-bond donors (Lipinski definition) is 2. The zero-order valence-electron chi connectivity index (χ0n) is 13.4. The molecule has 0 spiro atoms. The number of aryl methyl sites for hydroxylation is 1. The van der Waals surface area contributed by atoms with E-state index in [1.165, 1.54) is 0 Å². The molecule has 8 heteroatoms. The Balaban J connectivity index is 0.00000192. The van der Waals surface area contributed by atoms with E-state index in [0.717, 1.165) is 24.7 Å². The Morgan fingerprint density at radius 1 is 1.26 bits per heavy atom. The van der Waals surface area contributed by atoms with Gasteiger partial charge in [0.2, 0.25) is 0 Å². The second kappa shape index (κ2) is 7.42. The van der Waals surface area contributed by atoms with Crippen LogP contribution in [-0.4, -0.2) is 70.8 Å². The molecule has 1 aromatic heterocycles. The van der Waals surface area contributed by atoms with Crippen LogP contribution >= 0.6 is 12.4 Å². The molecular formula is C15H24ClN5O2. The number of nitrogens with one attached hydrogen (secondary N) is 1. The van der Waals surface area contributed by atoms with Gasteiger partial charge >= 0.3 is 0 Å². The number of nitrogens with zero attached hydrogens (tertiary/aromatic N) is 4. The van der Waals surface area contributed by atoms with Crippen LogP contribution in [0.2, 0.25) is 0 Å². The summed E-state index contributed by atoms with van der Waals surface area (Å²) in [4.78, 5) is 25.0. The lowest BCUT2D eigenvalue weighted by Gasteiger charge is -2.41. The van der Waals surface area contributed by atoms with E-state index in [1.54, 1.807) is 11.1 Å². The van der Waals surface area contributed by atoms with Crippen molar-refractivity contribution in [2.75, 3.05) is 44.2 Å². The second-order valence-electron chi connectivity index (χ2n) is 6.02. The van der Waals surface area contributed by atoms with E-state index in [4.69, 9.17) is 0 Å². The Hall–Kier alpha value is -1.44. The van der Waals surface area contributed by atoms with Crippen LogP contribution in [-0.2, 0) is 4.79 Å². The molecular weight excluding hydrogens is 318 g/mol. The molecule has 0 saturated carbocycles. The Bertz CT molecular complexity index is 542. The van der Waals surface area contributed by atoms with E-state index >= 15 is 0 Å². The Morgan fingerprint density at radius 3 is 2.52 bits per heavy atom. The van der Waals surface area contributed by atoms with Crippen LogP contribution in [0.15, 0.2) is 12.3 Å². The minimum atomic E-state index is -1.23. The average Bonchev–Trinajstić information content (AvgIpc) is 2.55. The smallest absolute Gasteiger partial charge is 0.254 e. The molecule has 0 aliphatic carbocycles. The van der Waals surface area contributed by atoms with Gasteiger partial charge in [0.25, 0.3) is 5.91 Å². The number of piperidine rings is 1. The first-order valence-corrected chi connectivity index (χ1v) is 7.86. The molecule has 2 fully saturated rings. The number of aromatic nitrogens is 2. The zero-order chi connectivity index (χ0) is 15.6. The molecule has 0 atom stereocenters. The van der Waals surface area contributed by atoms with Gasteiger partial charge in [-0.15, -0.1) is 12.4 Å². The minimum Gasteiger partial charge on any atom is -0.380 e. The SMILES string of the molecule is Cc1nccc(N2CCC(O)(C(=O)N3CCNCC3)CC2)n1.Cl. The first-order chi connectivity index (χ1) is 10.6. The molecule has 2 aliphatic heterocycles. The Morgan fingerprint density at radius 2 is 1.91 bits per heavy atom. The molecule has 128 valence electrons. The number of carbonyl (C=O) groups is 1. The molecule has 2 saturated heterocycles. The highest BCUT2D eigenvalue weighted by Crippen LogP contribution is 2.27. The molecule has 1 aromatic rings. The van der Waals surface area contributed by atoms with Crippen molar-refractivity contribution in [1.29, 1.82) is 0 Å². The van der Waals surface area contributed by atoms with E-state index in [9.17, 15) is 9.90 Å². The normalized spacial score (nSPS) is 20.8. The summed E-state index contributed by atoms with van der Waals surface area (Å²) in [6, 6.07) is 1.87. The quantitative estimate of drug-likeness (QED) is 0.786. The highest BCUT2D eigenvalue weighted by atomic mass is 35.5. The molecule has 0 radical (unpaired) electrons. The number of piperazine rings is 1. The average molecular weight is 342 g/mol. The molecule has 3 heterocycles. The van der Waals surface area contributed by atoms with Crippen LogP contribution in [0, 0.1) is 6.92 Å². The monoisotopic (exact) mass is 341 g/mol. The first kappa shape index (κ1) is 17.9. The summed E-state index contributed by atoms with van der Waals surface area (Å²) in [7, 11) is 0. The molecule has 2 aliphatic rings. The molecule has 23 heavy (non-hydrogen) atoms. The largest absolute Gasteiger partial charge is 0.380 e. The first-order valence-electron chi connectivity index (χ1n) is 7.86. The standard InChI is InChI=1S/C15H23N5O2.ClH/c1-12-17-5-2-13(18-12)19-8-3-15(22,4-9-19)14(21)20-10-6-16-7-11-20;/h2,5,16,22H,3-4,6-11H2,1H3;1H. The van der Waals surface area contributed by atoms with E-state index in [0.29, 0.717) is 39.0 Å². The summed E-state index contributed by atoms with van der Waals surface area (Å²) in [5.74, 6) is 1.48. The van der Waals surface area contributed by atoms with Crippen LogP contribution in [0.5, 0.6) is 0 Å². The van der Waals surface area contributed by atoms with Gasteiger partial charge in [0.1, 0.15) is 17.2 Å². The summed E-state index contributed by atoms with van der Waals surface area (Å²) in [5, 5.41) is 14.0. The van der Waals surface area contributed by atoms with Gasteiger partial charge in [-0.25, -0.2) is 9.97 Å². The third-order valence-electron chi connectivity index (χ3n) is 4.48. The number of halogens is 1. The van der Waals surface area contributed by atoms with Gasteiger partial charge in [-0.3, -0.25) is 4.79 Å². The minimum absolute atomic E-state index is 0. The van der Waals surface area contributed by atoms with Crippen LogP contribution in [0.1, 0.15) is 18.7 Å². The second-order valence-corrected chi connectivity index (χ2v) is 6.02. The van der Waals surface area contributed by atoms with Crippen molar-refractivity contribution >= 4 is 24.1 Å². The number of hydrogen-bond acceptors (Lipinski definition) is 6. The lowest BCUT2D eigenvalue weighted by molar-refractivity contribution is -0.154. The third kappa shape index (κ3) is 3.91. The maximum Gasteiger partial charge on any atom is 0.254 e. The lowest BCUT2D eigenvalue weighted by atomic mass is 9.89. The molecule has 2 N–H and O–H groups in total. The van der Waals surface area contributed by atoms with Gasteiger partial charge < -0.3 is 20.2 Å². The van der Waals surface area contributed by atoms with Crippen molar-refractivity contribution in [3.05, 3.63) is 18.1 Å². The molecule has 3 rings (SSSR count). The fraction of sp³-hybridized carbons (Fsp3) is 0.667. The van der Waals surface area contributed by atoms with Crippen LogP contribution in [0.4, 0.5) is 5.82 Å². The van der Waals surface area contributed by atoms with Gasteiger partial charge in [-0.1, -0.05) is 0 Å². The van der Waals surface area contributed by atoms with E-state index in [2.05, 4.69) is 20.2 Å². The van der Waals surface area contributed by atoms with Crippen LogP contribution < -0.4 is 10.2 Å². The number of anilines is 1. The highest BCUT2D eigenvalue weighted by molar-refractivity contribution is 5.85. The van der Waals surface area contributed by atoms with E-state index in [-0.39, 0.29) is 18.3 Å². The predicted octanol–water partition coefficient (Wildman–Crippen LogP) is -0.0301. The number of rotatable bonds is 2. The van der Waals surface area contributed by atoms with Gasteiger partial charge in [-0.2, -0.15) is 0 Å². The fourth-order valence-electron chi connectivity index (χ4n) is 3.10. The highest BCUT2D eigenvalue weighted by Gasteiger charge is 2.42. The summed E-state index contributed by atoms with van der Waals surface area (Å²) >= 11 is 0. The van der Waals surface area contributed by atoms with Crippen molar-refractivity contribution in [1.82, 2.24) is 20.2 Å². The van der Waals surface area contributed by atoms with Gasteiger partial charge in [-0.05, 0) is 13.0 Å². The van der Waals surface area contributed by atoms with Gasteiger partial charge in [0.15, 0.2) is 0 Å². The zero-order valence-corrected chi connectivity index (χ0v) is 14.2. The Kier molecular flexibility index (Phi) is 5.78. The molecule has 7 nitrogen and oxygen atoms in total. The van der Waals surface area contributed by atoms with Crippen LogP contribution in [0.25, 0.3) is 0 Å². The maximum atomic E-state index is 12.6. The van der Waals surface area contributed by atoms with Gasteiger partial charge in [0.05, 0.1) is 0 Å². The lowest BCUT2D eigenvalue weighted by Crippen LogP contribution is -2.58. The molecule has 1 amide bonds. The number of carbonyl (C=O) groups excluding carboxylic acids is 1. The van der Waals surface area contributed by atoms with Crippen molar-refractivity contribution in [2.45, 2.75) is 25.4 Å². The van der Waals surface area contributed by atoms with Crippen LogP contribution in [0.3, 0.4) is 0 Å². The summed E-state index contributed by atoms with van der Waals surface area (Å²) in [6.07, 6.45) is 2.63. The van der Waals surface area contributed by atoms with Crippen molar-refractivity contribution in [2.24, 2.45) is 0 Å². The number of aliphatic hydroxyl groups is 1. The summed E-state index contributed by atoms with van der Waals surface area (Å²) in [5.41, 5.74) is -1.23. The summed E-state index contributed by atoms with van der Waals surface area (Å²) in [6.45, 7) is 6.07. The molecule has 0 bridgehead atoms. The molecule has 0 unspecified atom stereocenters. The van der Waals surface area contributed by atoms with E-state index < -0.39 is 5.60 Å². The van der Waals surface area contributed by atoms with E-state index in [1.807, 2.05) is 13.0 Å². The predicted molar refractivity (Wildman–Crippen MR) is 89.9 cm³/mol. The maximum absolute atomic E-state index is 12.6. The summed E-state index contributed by atoms with van der Waals surface area (Å²) < 4.78 is 0. The third-order valence-corrected chi connectivity index (χ3v) is 4.48. The van der Waals surface area contributed by atoms with Gasteiger partial charge in [0, 0.05) is 58.3 Å². The fourth-order valence-corrected chi connectivity index (χ4v) is 3.10. The molecule has 0 aromatic carbocycles. The van der Waals surface area contributed by atoms with Crippen molar-refractivity contribution < 1.29 is 9.90 Å². The topological polar surface area (TPSA) is 81.6 Å². The number of amides is 1. The van der Waals surface area contributed by atoms with Crippen molar-refractivity contribution in [3.8, 4) is 0 Å². The Labute approximate surface area is 142 Å². The van der Waals surface area contributed by atoms with Crippen molar-refractivity contribution in [3.63, 3.8) is 0 Å².